The second kappa shape index (κ2) is 7.27. The summed E-state index contributed by atoms with van der Waals surface area (Å²) in [7, 11) is 0. The van der Waals surface area contributed by atoms with Crippen LogP contribution in [0, 0.1) is 0 Å². The lowest BCUT2D eigenvalue weighted by Gasteiger charge is -2.25. The molecule has 4 aromatic rings. The van der Waals surface area contributed by atoms with Gasteiger partial charge < -0.3 is 9.32 Å². The molecule has 0 bridgehead atoms. The number of carbonyl (C=O) groups excluding carboxylic acids is 1. The van der Waals surface area contributed by atoms with Crippen molar-refractivity contribution >= 4 is 40.1 Å². The molecule has 1 unspecified atom stereocenters. The minimum absolute atomic E-state index is 0.0543. The van der Waals surface area contributed by atoms with Gasteiger partial charge in [-0.3, -0.25) is 14.6 Å². The molecule has 0 radical (unpaired) electrons. The van der Waals surface area contributed by atoms with E-state index < -0.39 is 6.04 Å². The maximum Gasteiger partial charge on any atom is 0.291 e. The van der Waals surface area contributed by atoms with Crippen LogP contribution in [0.1, 0.15) is 33.3 Å². The van der Waals surface area contributed by atoms with Gasteiger partial charge in [0.2, 0.25) is 5.76 Å². The summed E-state index contributed by atoms with van der Waals surface area (Å²) in [6, 6.07) is 15.0. The molecule has 5 rings (SSSR count). The Bertz CT molecular complexity index is 1350. The van der Waals surface area contributed by atoms with Gasteiger partial charge in [0.15, 0.2) is 5.43 Å². The number of para-hydroxylation sites is 1. The zero-order chi connectivity index (χ0) is 20.8. The number of aromatic nitrogens is 1. The molecule has 1 aliphatic rings. The first kappa shape index (κ1) is 18.9. The van der Waals surface area contributed by atoms with Gasteiger partial charge in [-0.1, -0.05) is 47.5 Å². The molecule has 3 heterocycles. The summed E-state index contributed by atoms with van der Waals surface area (Å²) in [6.45, 7) is 0.261. The number of nitrogens with zero attached hydrogens (tertiary/aromatic N) is 2. The maximum absolute atomic E-state index is 13.4. The first-order valence-corrected chi connectivity index (χ1v) is 10.0. The molecule has 2 aromatic heterocycles. The molecular formula is C23H14Cl2N2O3. The smallest absolute Gasteiger partial charge is 0.291 e. The Morgan fingerprint density at radius 3 is 2.60 bits per heavy atom. The molecule has 0 spiro atoms. The highest BCUT2D eigenvalue weighted by molar-refractivity contribution is 6.42. The van der Waals surface area contributed by atoms with Crippen molar-refractivity contribution < 1.29 is 9.21 Å². The highest BCUT2D eigenvalue weighted by Gasteiger charge is 2.42. The van der Waals surface area contributed by atoms with Crippen LogP contribution in [0.5, 0.6) is 0 Å². The molecule has 5 nitrogen and oxygen atoms in total. The summed E-state index contributed by atoms with van der Waals surface area (Å²) >= 11 is 12.3. The zero-order valence-electron chi connectivity index (χ0n) is 15.5. The van der Waals surface area contributed by atoms with Gasteiger partial charge in [0, 0.05) is 18.9 Å². The minimum atomic E-state index is -0.650. The van der Waals surface area contributed by atoms with Crippen LogP contribution in [0.15, 0.2) is 76.2 Å². The summed E-state index contributed by atoms with van der Waals surface area (Å²) < 4.78 is 5.91. The molecular weight excluding hydrogens is 423 g/mol. The molecule has 1 atom stereocenters. The van der Waals surface area contributed by atoms with Crippen LogP contribution in [0.25, 0.3) is 11.0 Å². The highest BCUT2D eigenvalue weighted by atomic mass is 35.5. The van der Waals surface area contributed by atoms with Crippen LogP contribution in [-0.4, -0.2) is 15.8 Å². The summed E-state index contributed by atoms with van der Waals surface area (Å²) in [5.41, 5.74) is 1.97. The van der Waals surface area contributed by atoms with Crippen LogP contribution in [0.3, 0.4) is 0 Å². The van der Waals surface area contributed by atoms with E-state index in [0.29, 0.717) is 32.1 Å². The van der Waals surface area contributed by atoms with Crippen molar-refractivity contribution in [2.75, 3.05) is 0 Å². The third kappa shape index (κ3) is 2.98. The van der Waals surface area contributed by atoms with Gasteiger partial charge in [-0.2, -0.15) is 0 Å². The monoisotopic (exact) mass is 436 g/mol. The van der Waals surface area contributed by atoms with Crippen molar-refractivity contribution in [1.82, 2.24) is 9.88 Å². The first-order valence-electron chi connectivity index (χ1n) is 9.25. The van der Waals surface area contributed by atoms with Crippen molar-refractivity contribution in [3.05, 3.63) is 110 Å². The van der Waals surface area contributed by atoms with E-state index in [1.807, 2.05) is 6.07 Å². The van der Waals surface area contributed by atoms with E-state index in [0.717, 1.165) is 5.56 Å². The van der Waals surface area contributed by atoms with Crippen molar-refractivity contribution in [1.29, 1.82) is 0 Å². The van der Waals surface area contributed by atoms with Crippen LogP contribution in [0.2, 0.25) is 10.0 Å². The molecule has 1 aliphatic heterocycles. The van der Waals surface area contributed by atoms with Gasteiger partial charge in [-0.15, -0.1) is 0 Å². The van der Waals surface area contributed by atoms with Crippen molar-refractivity contribution in [3.63, 3.8) is 0 Å². The number of hydrogen-bond donors (Lipinski definition) is 0. The normalized spacial score (nSPS) is 15.6. The van der Waals surface area contributed by atoms with E-state index in [4.69, 9.17) is 27.6 Å². The lowest BCUT2D eigenvalue weighted by molar-refractivity contribution is 0.0714. The zero-order valence-corrected chi connectivity index (χ0v) is 17.0. The Balaban J connectivity index is 1.75. The van der Waals surface area contributed by atoms with Gasteiger partial charge >= 0.3 is 0 Å². The average Bonchev–Trinajstić information content (AvgIpc) is 3.03. The SMILES string of the molecule is O=C1c2oc3ccccc3c(=O)c2C(c2ccc(Cl)c(Cl)c2)N1Cc1cccnc1. The molecule has 0 saturated heterocycles. The number of rotatable bonds is 3. The molecule has 30 heavy (non-hydrogen) atoms. The number of carbonyl (C=O) groups is 1. The molecule has 0 saturated carbocycles. The van der Waals surface area contributed by atoms with Crippen LogP contribution in [0.4, 0.5) is 0 Å². The number of halogens is 2. The van der Waals surface area contributed by atoms with E-state index in [1.54, 1.807) is 65.8 Å². The quantitative estimate of drug-likeness (QED) is 0.440. The highest BCUT2D eigenvalue weighted by Crippen LogP contribution is 2.40. The minimum Gasteiger partial charge on any atom is -0.450 e. The van der Waals surface area contributed by atoms with Gasteiger partial charge in [-0.25, -0.2) is 0 Å². The van der Waals surface area contributed by atoms with E-state index >= 15 is 0 Å². The fourth-order valence-corrected chi connectivity index (χ4v) is 4.15. The summed E-state index contributed by atoms with van der Waals surface area (Å²) in [4.78, 5) is 32.5. The molecule has 2 aromatic carbocycles. The molecule has 7 heteroatoms. The van der Waals surface area contributed by atoms with E-state index in [2.05, 4.69) is 4.98 Å². The summed E-state index contributed by atoms with van der Waals surface area (Å²) in [5, 5.41) is 1.17. The third-order valence-electron chi connectivity index (χ3n) is 5.21. The van der Waals surface area contributed by atoms with Crippen molar-refractivity contribution in [3.8, 4) is 0 Å². The van der Waals surface area contributed by atoms with Gasteiger partial charge in [0.25, 0.3) is 5.91 Å². The molecule has 0 fully saturated rings. The van der Waals surface area contributed by atoms with E-state index in [1.165, 1.54) is 0 Å². The lowest BCUT2D eigenvalue weighted by Crippen LogP contribution is -2.29. The maximum atomic E-state index is 13.4. The molecule has 0 N–H and O–H groups in total. The topological polar surface area (TPSA) is 63.4 Å². The fourth-order valence-electron chi connectivity index (χ4n) is 3.85. The number of pyridine rings is 1. The average molecular weight is 437 g/mol. The van der Waals surface area contributed by atoms with Crippen molar-refractivity contribution in [2.24, 2.45) is 0 Å². The Morgan fingerprint density at radius 1 is 1.00 bits per heavy atom. The van der Waals surface area contributed by atoms with Crippen LogP contribution >= 0.6 is 23.2 Å². The molecule has 1 amide bonds. The standard InChI is InChI=1S/C23H14Cl2N2O3/c24-16-8-7-14(10-17(16)25)20-19-21(28)15-5-1-2-6-18(15)30-22(19)23(29)27(20)12-13-4-3-9-26-11-13/h1-11,20H,12H2. The number of hydrogen-bond acceptors (Lipinski definition) is 4. The lowest BCUT2D eigenvalue weighted by atomic mass is 9.98. The number of benzene rings is 2. The predicted octanol–water partition coefficient (Wildman–Crippen LogP) is 5.24. The third-order valence-corrected chi connectivity index (χ3v) is 5.95. The molecule has 0 aliphatic carbocycles. The Morgan fingerprint density at radius 2 is 1.83 bits per heavy atom. The second-order valence-corrected chi connectivity index (χ2v) is 7.85. The largest absolute Gasteiger partial charge is 0.450 e. The summed E-state index contributed by atoms with van der Waals surface area (Å²) in [5.74, 6) is -0.300. The first-order chi connectivity index (χ1) is 14.5. The summed E-state index contributed by atoms with van der Waals surface area (Å²) in [6.07, 6.45) is 3.35. The van der Waals surface area contributed by atoms with Gasteiger partial charge in [0.05, 0.1) is 27.0 Å². The van der Waals surface area contributed by atoms with E-state index in [9.17, 15) is 9.59 Å². The fraction of sp³-hybridized carbons (Fsp3) is 0.0870. The van der Waals surface area contributed by atoms with Gasteiger partial charge in [0.1, 0.15) is 5.58 Å². The van der Waals surface area contributed by atoms with Gasteiger partial charge in [-0.05, 0) is 41.5 Å². The van der Waals surface area contributed by atoms with Crippen molar-refractivity contribution in [2.45, 2.75) is 12.6 Å². The number of fused-ring (bicyclic) bond motifs is 2. The van der Waals surface area contributed by atoms with Crippen LogP contribution in [-0.2, 0) is 6.54 Å². The number of amides is 1. The van der Waals surface area contributed by atoms with Crippen LogP contribution < -0.4 is 5.43 Å². The Labute approximate surface area is 181 Å². The second-order valence-electron chi connectivity index (χ2n) is 7.04. The molecule has 148 valence electrons. The van der Waals surface area contributed by atoms with E-state index in [-0.39, 0.29) is 23.6 Å². The predicted molar refractivity (Wildman–Crippen MR) is 115 cm³/mol. The Kier molecular flexibility index (Phi) is 4.57. The Hall–Kier alpha value is -3.15.